The molecule has 0 aromatic heterocycles. The van der Waals surface area contributed by atoms with E-state index in [4.69, 9.17) is 4.74 Å². The van der Waals surface area contributed by atoms with Crippen LogP contribution in [0.1, 0.15) is 22.2 Å². The number of sulfonamides is 1. The lowest BCUT2D eigenvalue weighted by molar-refractivity contribution is -0.0212. The Morgan fingerprint density at radius 1 is 1.16 bits per heavy atom. The Hall–Kier alpha value is -0.190. The number of benzene rings is 2. The molecular formula is C15H12I3NO5S. The van der Waals surface area contributed by atoms with E-state index in [2.05, 4.69) is 67.8 Å². The molecule has 0 saturated heterocycles. The topological polar surface area (TPSA) is 92.7 Å². The number of aliphatic hydroxyl groups excluding tert-OH is 1. The highest BCUT2D eigenvalue weighted by molar-refractivity contribution is 14.1. The van der Waals surface area contributed by atoms with Crippen molar-refractivity contribution in [3.63, 3.8) is 0 Å². The summed E-state index contributed by atoms with van der Waals surface area (Å²) < 4.78 is 32.7. The second kappa shape index (κ2) is 8.67. The van der Waals surface area contributed by atoms with E-state index in [9.17, 15) is 18.3 Å². The van der Waals surface area contributed by atoms with Gasteiger partial charge in [0.05, 0.1) is 13.4 Å². The van der Waals surface area contributed by atoms with E-state index in [0.717, 1.165) is 17.0 Å². The molecule has 25 heavy (non-hydrogen) atoms. The van der Waals surface area contributed by atoms with Crippen LogP contribution in [0.2, 0.25) is 0 Å². The first-order valence-corrected chi connectivity index (χ1v) is 11.8. The summed E-state index contributed by atoms with van der Waals surface area (Å²) in [6.07, 6.45) is -0.542. The van der Waals surface area contributed by atoms with Gasteiger partial charge in [0.15, 0.2) is 0 Å². The van der Waals surface area contributed by atoms with Crippen molar-refractivity contribution in [1.82, 2.24) is 4.72 Å². The molecular weight excluding hydrogens is 687 g/mol. The number of carbonyl (C=O) groups excluding carboxylic acids is 1. The van der Waals surface area contributed by atoms with E-state index in [0.29, 0.717) is 5.75 Å². The fraction of sp³-hybridized carbons (Fsp3) is 0.133. The molecule has 0 aliphatic rings. The standard InChI is InChI=1S/C15H12I3NO5S/c1-25(22,23)19-14(20)9-4-2-3-5-10(9)15(21)24-13-11(17)6-8(16)7-12(13)18/h2-7,15,21H,1H3,(H,19,20). The molecule has 134 valence electrons. The maximum atomic E-state index is 12.2. The lowest BCUT2D eigenvalue weighted by Gasteiger charge is -2.19. The summed E-state index contributed by atoms with van der Waals surface area (Å²) in [5.74, 6) is -0.333. The van der Waals surface area contributed by atoms with Crippen molar-refractivity contribution < 1.29 is 23.1 Å². The van der Waals surface area contributed by atoms with E-state index in [1.165, 1.54) is 12.1 Å². The Kier molecular flexibility index (Phi) is 7.32. The summed E-state index contributed by atoms with van der Waals surface area (Å²) in [4.78, 5) is 12.2. The van der Waals surface area contributed by atoms with Crippen molar-refractivity contribution >= 4 is 83.7 Å². The summed E-state index contributed by atoms with van der Waals surface area (Å²) in [5.41, 5.74) is 0.199. The fourth-order valence-corrected chi connectivity index (χ4v) is 6.24. The van der Waals surface area contributed by atoms with Gasteiger partial charge >= 0.3 is 0 Å². The van der Waals surface area contributed by atoms with E-state index < -0.39 is 22.2 Å². The number of aliphatic hydroxyl groups is 1. The number of amides is 1. The number of halogens is 3. The molecule has 6 nitrogen and oxygen atoms in total. The van der Waals surface area contributed by atoms with Crippen molar-refractivity contribution in [2.24, 2.45) is 0 Å². The number of ether oxygens (including phenoxy) is 1. The normalized spacial score (nSPS) is 12.5. The second-order valence-corrected chi connectivity index (χ2v) is 10.3. The average molecular weight is 699 g/mol. The molecule has 2 rings (SSSR count). The largest absolute Gasteiger partial charge is 0.459 e. The maximum absolute atomic E-state index is 12.2. The number of hydrogen-bond acceptors (Lipinski definition) is 5. The van der Waals surface area contributed by atoms with E-state index in [1.807, 2.05) is 16.9 Å². The SMILES string of the molecule is CS(=O)(=O)NC(=O)c1ccccc1C(O)Oc1c(I)cc(I)cc1I. The highest BCUT2D eigenvalue weighted by Crippen LogP contribution is 2.33. The highest BCUT2D eigenvalue weighted by Gasteiger charge is 2.22. The Morgan fingerprint density at radius 2 is 1.72 bits per heavy atom. The zero-order chi connectivity index (χ0) is 18.8. The molecule has 0 saturated carbocycles. The molecule has 2 aromatic rings. The molecule has 0 spiro atoms. The molecule has 0 bridgehead atoms. The van der Waals surface area contributed by atoms with Crippen molar-refractivity contribution in [2.45, 2.75) is 6.29 Å². The lowest BCUT2D eigenvalue weighted by atomic mass is 10.1. The van der Waals surface area contributed by atoms with E-state index in [-0.39, 0.29) is 11.1 Å². The summed E-state index contributed by atoms with van der Waals surface area (Å²) in [6.45, 7) is 0. The minimum Gasteiger partial charge on any atom is -0.459 e. The number of hydrogen-bond donors (Lipinski definition) is 2. The number of rotatable bonds is 5. The van der Waals surface area contributed by atoms with Gasteiger partial charge in [-0.05, 0) is 86.0 Å². The minimum atomic E-state index is -3.72. The van der Waals surface area contributed by atoms with Gasteiger partial charge in [-0.25, -0.2) is 13.1 Å². The summed E-state index contributed by atoms with van der Waals surface area (Å²) >= 11 is 6.38. The van der Waals surface area contributed by atoms with Crippen molar-refractivity contribution in [3.05, 3.63) is 58.2 Å². The van der Waals surface area contributed by atoms with Gasteiger partial charge in [-0.3, -0.25) is 4.79 Å². The molecule has 0 aliphatic carbocycles. The second-order valence-electron chi connectivity index (χ2n) is 4.96. The highest BCUT2D eigenvalue weighted by atomic mass is 127. The van der Waals surface area contributed by atoms with E-state index in [1.54, 1.807) is 12.1 Å². The summed E-state index contributed by atoms with van der Waals surface area (Å²) in [7, 11) is -3.72. The van der Waals surface area contributed by atoms with Crippen LogP contribution in [0.25, 0.3) is 0 Å². The third-order valence-corrected chi connectivity index (χ3v) is 5.72. The molecule has 2 N–H and O–H groups in total. The number of carbonyl (C=O) groups is 1. The van der Waals surface area contributed by atoms with Crippen LogP contribution in [-0.2, 0) is 10.0 Å². The van der Waals surface area contributed by atoms with Crippen LogP contribution in [0.15, 0.2) is 36.4 Å². The molecule has 1 amide bonds. The van der Waals surface area contributed by atoms with Gasteiger partial charge in [-0.15, -0.1) is 0 Å². The van der Waals surface area contributed by atoms with Crippen LogP contribution in [0.3, 0.4) is 0 Å². The lowest BCUT2D eigenvalue weighted by Crippen LogP contribution is -2.30. The van der Waals surface area contributed by atoms with Gasteiger partial charge in [0, 0.05) is 14.7 Å². The van der Waals surface area contributed by atoms with Gasteiger partial charge in [-0.1, -0.05) is 18.2 Å². The molecule has 1 atom stereocenters. The Balaban J connectivity index is 2.35. The number of nitrogens with one attached hydrogen (secondary N) is 1. The monoisotopic (exact) mass is 699 g/mol. The van der Waals surface area contributed by atoms with Crippen LogP contribution in [0.4, 0.5) is 0 Å². The molecule has 10 heteroatoms. The quantitative estimate of drug-likeness (QED) is 0.370. The van der Waals surface area contributed by atoms with Crippen LogP contribution in [-0.4, -0.2) is 25.7 Å². The predicted octanol–water partition coefficient (Wildman–Crippen LogP) is 3.26. The zero-order valence-electron chi connectivity index (χ0n) is 12.7. The smallest absolute Gasteiger partial charge is 0.265 e. The van der Waals surface area contributed by atoms with Crippen LogP contribution >= 0.6 is 67.8 Å². The van der Waals surface area contributed by atoms with Gasteiger partial charge in [0.25, 0.3) is 5.91 Å². The fourth-order valence-electron chi connectivity index (χ4n) is 1.96. The van der Waals surface area contributed by atoms with Gasteiger partial charge in [-0.2, -0.15) is 0 Å². The molecule has 1 unspecified atom stereocenters. The van der Waals surface area contributed by atoms with Crippen molar-refractivity contribution in [3.8, 4) is 5.75 Å². The summed E-state index contributed by atoms with van der Waals surface area (Å²) in [5, 5.41) is 10.5. The first-order valence-electron chi connectivity index (χ1n) is 6.69. The molecule has 0 heterocycles. The van der Waals surface area contributed by atoms with Crippen LogP contribution in [0, 0.1) is 10.7 Å². The molecule has 0 radical (unpaired) electrons. The van der Waals surface area contributed by atoms with E-state index >= 15 is 0 Å². The third-order valence-electron chi connectivity index (χ3n) is 2.94. The molecule has 0 aliphatic heterocycles. The Bertz CT molecular complexity index is 894. The van der Waals surface area contributed by atoms with Gasteiger partial charge < -0.3 is 9.84 Å². The Morgan fingerprint density at radius 3 is 2.28 bits per heavy atom. The molecule has 2 aromatic carbocycles. The average Bonchev–Trinajstić information content (AvgIpc) is 2.49. The predicted molar refractivity (Wildman–Crippen MR) is 119 cm³/mol. The maximum Gasteiger partial charge on any atom is 0.265 e. The van der Waals surface area contributed by atoms with Crippen LogP contribution in [0.5, 0.6) is 5.75 Å². The first-order chi connectivity index (χ1) is 11.6. The van der Waals surface area contributed by atoms with Crippen molar-refractivity contribution in [2.75, 3.05) is 6.26 Å². The first kappa shape index (κ1) is 21.1. The zero-order valence-corrected chi connectivity index (χ0v) is 20.0. The van der Waals surface area contributed by atoms with Crippen LogP contribution < -0.4 is 9.46 Å². The third kappa shape index (κ3) is 5.90. The molecule has 0 fully saturated rings. The minimum absolute atomic E-state index is 0.0240. The van der Waals surface area contributed by atoms with Crippen molar-refractivity contribution in [1.29, 1.82) is 0 Å². The Labute approximate surface area is 186 Å². The van der Waals surface area contributed by atoms with Gasteiger partial charge in [0.2, 0.25) is 16.3 Å². The summed E-state index contributed by atoms with van der Waals surface area (Å²) in [6, 6.07) is 9.93. The van der Waals surface area contributed by atoms with Gasteiger partial charge in [0.1, 0.15) is 5.75 Å².